The molecule has 1 aliphatic carbocycles. The third-order valence-corrected chi connectivity index (χ3v) is 4.61. The van der Waals surface area contributed by atoms with Gasteiger partial charge in [0.15, 0.2) is 0 Å². The van der Waals surface area contributed by atoms with Crippen LogP contribution >= 0.6 is 12.4 Å². The first-order chi connectivity index (χ1) is 11.3. The van der Waals surface area contributed by atoms with Gasteiger partial charge >= 0.3 is 0 Å². The number of benzene rings is 1. The predicted molar refractivity (Wildman–Crippen MR) is 101 cm³/mol. The van der Waals surface area contributed by atoms with E-state index in [9.17, 15) is 9.59 Å². The van der Waals surface area contributed by atoms with Crippen molar-refractivity contribution in [3.63, 3.8) is 0 Å². The SMILES string of the molecule is COc1ccc(CNC(=O)C2CCCCC2(C)N)cc1NC(C)=O.Cl. The lowest BCUT2D eigenvalue weighted by molar-refractivity contribution is -0.128. The minimum absolute atomic E-state index is 0. The number of carbonyl (C=O) groups is 2. The third kappa shape index (κ3) is 5.61. The zero-order chi connectivity index (χ0) is 17.7. The number of nitrogens with two attached hydrogens (primary N) is 1. The maximum Gasteiger partial charge on any atom is 0.225 e. The predicted octanol–water partition coefficient (Wildman–Crippen LogP) is 2.60. The van der Waals surface area contributed by atoms with Crippen molar-refractivity contribution in [3.05, 3.63) is 23.8 Å². The summed E-state index contributed by atoms with van der Waals surface area (Å²) in [6, 6.07) is 5.45. The molecule has 140 valence electrons. The van der Waals surface area contributed by atoms with Crippen LogP contribution in [0.5, 0.6) is 5.75 Å². The summed E-state index contributed by atoms with van der Waals surface area (Å²) in [7, 11) is 1.55. The van der Waals surface area contributed by atoms with Crippen LogP contribution in [-0.2, 0) is 16.1 Å². The second-order valence-electron chi connectivity index (χ2n) is 6.74. The van der Waals surface area contributed by atoms with Gasteiger partial charge in [0.25, 0.3) is 0 Å². The van der Waals surface area contributed by atoms with Crippen LogP contribution in [0.15, 0.2) is 18.2 Å². The molecular formula is C18H28ClN3O3. The molecular weight excluding hydrogens is 342 g/mol. The van der Waals surface area contributed by atoms with Gasteiger partial charge in [0.05, 0.1) is 18.7 Å². The molecule has 0 radical (unpaired) electrons. The number of rotatable bonds is 5. The van der Waals surface area contributed by atoms with E-state index in [0.29, 0.717) is 18.0 Å². The molecule has 2 amide bonds. The van der Waals surface area contributed by atoms with Crippen LogP contribution in [0.3, 0.4) is 0 Å². The van der Waals surface area contributed by atoms with Crippen LogP contribution in [0.2, 0.25) is 0 Å². The van der Waals surface area contributed by atoms with Gasteiger partial charge < -0.3 is 21.1 Å². The molecule has 0 spiro atoms. The summed E-state index contributed by atoms with van der Waals surface area (Å²) in [5.41, 5.74) is 7.33. The summed E-state index contributed by atoms with van der Waals surface area (Å²) in [5, 5.41) is 5.70. The van der Waals surface area contributed by atoms with Crippen LogP contribution < -0.4 is 21.1 Å². The van der Waals surface area contributed by atoms with Gasteiger partial charge in [-0.3, -0.25) is 9.59 Å². The van der Waals surface area contributed by atoms with E-state index in [1.54, 1.807) is 13.2 Å². The van der Waals surface area contributed by atoms with Crippen LogP contribution in [0.25, 0.3) is 0 Å². The monoisotopic (exact) mass is 369 g/mol. The van der Waals surface area contributed by atoms with Gasteiger partial charge in [-0.25, -0.2) is 0 Å². The highest BCUT2D eigenvalue weighted by Crippen LogP contribution is 2.32. The molecule has 1 aliphatic rings. The zero-order valence-corrected chi connectivity index (χ0v) is 15.9. The average Bonchev–Trinajstić information content (AvgIpc) is 2.52. The molecule has 2 unspecified atom stereocenters. The molecule has 2 rings (SSSR count). The van der Waals surface area contributed by atoms with E-state index >= 15 is 0 Å². The second kappa shape index (κ2) is 9.06. The molecule has 0 aliphatic heterocycles. The molecule has 25 heavy (non-hydrogen) atoms. The van der Waals surface area contributed by atoms with E-state index in [2.05, 4.69) is 10.6 Å². The normalized spacial score (nSPS) is 22.5. The molecule has 1 saturated carbocycles. The first-order valence-corrected chi connectivity index (χ1v) is 8.34. The summed E-state index contributed by atoms with van der Waals surface area (Å²) < 4.78 is 5.23. The van der Waals surface area contributed by atoms with Crippen molar-refractivity contribution in [2.45, 2.75) is 51.6 Å². The van der Waals surface area contributed by atoms with E-state index < -0.39 is 5.54 Å². The molecule has 1 fully saturated rings. The van der Waals surface area contributed by atoms with E-state index in [0.717, 1.165) is 31.2 Å². The van der Waals surface area contributed by atoms with E-state index in [1.807, 2.05) is 19.1 Å². The number of carbonyl (C=O) groups excluding carboxylic acids is 2. The summed E-state index contributed by atoms with van der Waals surface area (Å²) in [6.45, 7) is 3.79. The quantitative estimate of drug-likeness (QED) is 0.743. The lowest BCUT2D eigenvalue weighted by Gasteiger charge is -2.37. The lowest BCUT2D eigenvalue weighted by atomic mass is 9.74. The third-order valence-electron chi connectivity index (χ3n) is 4.61. The van der Waals surface area contributed by atoms with Gasteiger partial charge in [0.1, 0.15) is 5.75 Å². The zero-order valence-electron chi connectivity index (χ0n) is 15.1. The summed E-state index contributed by atoms with van der Waals surface area (Å²) in [6.07, 6.45) is 3.83. The minimum atomic E-state index is -0.441. The molecule has 0 aromatic heterocycles. The van der Waals surface area contributed by atoms with Crippen molar-refractivity contribution in [3.8, 4) is 5.75 Å². The average molecular weight is 370 g/mol. The minimum Gasteiger partial charge on any atom is -0.495 e. The Hall–Kier alpha value is -1.79. The number of hydrogen-bond acceptors (Lipinski definition) is 4. The highest BCUT2D eigenvalue weighted by atomic mass is 35.5. The van der Waals surface area contributed by atoms with Crippen molar-refractivity contribution in [2.24, 2.45) is 11.7 Å². The van der Waals surface area contributed by atoms with Crippen molar-refractivity contribution in [1.82, 2.24) is 5.32 Å². The van der Waals surface area contributed by atoms with Crippen molar-refractivity contribution in [1.29, 1.82) is 0 Å². The molecule has 0 bridgehead atoms. The van der Waals surface area contributed by atoms with Gasteiger partial charge in [0.2, 0.25) is 11.8 Å². The molecule has 2 atom stereocenters. The maximum atomic E-state index is 12.5. The number of anilines is 1. The Kier molecular flexibility index (Phi) is 7.70. The number of nitrogens with one attached hydrogen (secondary N) is 2. The van der Waals surface area contributed by atoms with E-state index in [4.69, 9.17) is 10.5 Å². The Balaban J connectivity index is 0.00000312. The van der Waals surface area contributed by atoms with Gasteiger partial charge in [-0.05, 0) is 37.5 Å². The Labute approximate surface area is 155 Å². The van der Waals surface area contributed by atoms with Gasteiger partial charge in [-0.2, -0.15) is 0 Å². The molecule has 4 N–H and O–H groups in total. The maximum absolute atomic E-state index is 12.5. The summed E-state index contributed by atoms with van der Waals surface area (Å²) in [4.78, 5) is 23.8. The Morgan fingerprint density at radius 1 is 1.36 bits per heavy atom. The Morgan fingerprint density at radius 3 is 2.68 bits per heavy atom. The number of hydrogen-bond donors (Lipinski definition) is 3. The van der Waals surface area contributed by atoms with Gasteiger partial charge in [-0.1, -0.05) is 18.9 Å². The molecule has 1 aromatic carbocycles. The van der Waals surface area contributed by atoms with E-state index in [-0.39, 0.29) is 30.1 Å². The fourth-order valence-electron chi connectivity index (χ4n) is 3.25. The largest absolute Gasteiger partial charge is 0.495 e. The number of amides is 2. The van der Waals surface area contributed by atoms with Gasteiger partial charge in [0, 0.05) is 19.0 Å². The first kappa shape index (κ1) is 21.3. The molecule has 1 aromatic rings. The van der Waals surface area contributed by atoms with E-state index in [1.165, 1.54) is 6.92 Å². The Morgan fingerprint density at radius 2 is 2.08 bits per heavy atom. The fraction of sp³-hybridized carbons (Fsp3) is 0.556. The van der Waals surface area contributed by atoms with Crippen LogP contribution in [0.4, 0.5) is 5.69 Å². The Bertz CT molecular complexity index is 620. The highest BCUT2D eigenvalue weighted by molar-refractivity contribution is 5.90. The summed E-state index contributed by atoms with van der Waals surface area (Å²) >= 11 is 0. The number of methoxy groups -OCH3 is 1. The first-order valence-electron chi connectivity index (χ1n) is 8.34. The topological polar surface area (TPSA) is 93.4 Å². The number of ether oxygens (including phenoxy) is 1. The highest BCUT2D eigenvalue weighted by Gasteiger charge is 2.37. The fourth-order valence-corrected chi connectivity index (χ4v) is 3.25. The summed E-state index contributed by atoms with van der Waals surface area (Å²) in [5.74, 6) is 0.258. The molecule has 7 heteroatoms. The molecule has 0 heterocycles. The molecule has 0 saturated heterocycles. The van der Waals surface area contributed by atoms with Crippen LogP contribution in [0.1, 0.15) is 45.1 Å². The van der Waals surface area contributed by atoms with Crippen molar-refractivity contribution in [2.75, 3.05) is 12.4 Å². The van der Waals surface area contributed by atoms with Crippen LogP contribution in [0, 0.1) is 5.92 Å². The molecule has 6 nitrogen and oxygen atoms in total. The number of halogens is 1. The lowest BCUT2D eigenvalue weighted by Crippen LogP contribution is -2.52. The van der Waals surface area contributed by atoms with Crippen molar-refractivity contribution >= 4 is 29.9 Å². The van der Waals surface area contributed by atoms with Crippen molar-refractivity contribution < 1.29 is 14.3 Å². The van der Waals surface area contributed by atoms with Crippen LogP contribution in [-0.4, -0.2) is 24.5 Å². The van der Waals surface area contributed by atoms with Gasteiger partial charge in [-0.15, -0.1) is 12.4 Å². The second-order valence-corrected chi connectivity index (χ2v) is 6.74. The standard InChI is InChI=1S/C18H27N3O3.ClH/c1-12(22)21-15-10-13(7-8-16(15)24-3)11-20-17(23)14-6-4-5-9-18(14,2)19;/h7-8,10,14H,4-6,9,11,19H2,1-3H3,(H,20,23)(H,21,22);1H. The smallest absolute Gasteiger partial charge is 0.225 e.